The number of benzene rings is 1. The summed E-state index contributed by atoms with van der Waals surface area (Å²) in [5.41, 5.74) is 3.02. The molecule has 2 aliphatic heterocycles. The number of rotatable bonds is 9. The van der Waals surface area contributed by atoms with E-state index in [2.05, 4.69) is 34.1 Å². The second-order valence-electron chi connectivity index (χ2n) is 10.8. The number of hydrogen-bond donors (Lipinski definition) is 2. The summed E-state index contributed by atoms with van der Waals surface area (Å²) in [7, 11) is 2.07. The highest BCUT2D eigenvalue weighted by Gasteiger charge is 2.33. The van der Waals surface area contributed by atoms with Crippen LogP contribution in [-0.4, -0.2) is 89.2 Å². The van der Waals surface area contributed by atoms with Crippen molar-refractivity contribution in [1.29, 1.82) is 0 Å². The van der Waals surface area contributed by atoms with Crippen LogP contribution in [0.1, 0.15) is 49.0 Å². The summed E-state index contributed by atoms with van der Waals surface area (Å²) in [4.78, 5) is 28.9. The molecular weight excluding hydrogens is 559 g/mol. The van der Waals surface area contributed by atoms with E-state index in [0.29, 0.717) is 43.5 Å². The molecule has 0 radical (unpaired) electrons. The number of amides is 1. The fraction of sp³-hybridized carbons (Fsp3) is 0.452. The van der Waals surface area contributed by atoms with Crippen molar-refractivity contribution in [3.05, 3.63) is 70.8 Å². The average molecular weight is 597 g/mol. The largest absolute Gasteiger partial charge is 0.477 e. The topological polar surface area (TPSA) is 94.1 Å². The van der Waals surface area contributed by atoms with Crippen LogP contribution in [0.2, 0.25) is 5.02 Å². The minimum absolute atomic E-state index is 0.0319. The van der Waals surface area contributed by atoms with Crippen molar-refractivity contribution >= 4 is 23.2 Å². The number of nitrogens with one attached hydrogen (secondary N) is 1. The first-order chi connectivity index (χ1) is 20.3. The molecule has 4 heterocycles. The van der Waals surface area contributed by atoms with E-state index in [9.17, 15) is 14.3 Å². The van der Waals surface area contributed by atoms with Crippen LogP contribution >= 0.6 is 11.6 Å². The van der Waals surface area contributed by atoms with Crippen molar-refractivity contribution in [3.63, 3.8) is 0 Å². The van der Waals surface area contributed by atoms with Crippen molar-refractivity contribution in [2.75, 3.05) is 51.3 Å². The molecule has 1 aromatic carbocycles. The predicted octanol–water partition coefficient (Wildman–Crippen LogP) is 4.36. The first-order valence-corrected chi connectivity index (χ1v) is 14.9. The Morgan fingerprint density at radius 3 is 2.74 bits per heavy atom. The van der Waals surface area contributed by atoms with Crippen LogP contribution in [0, 0.1) is 5.82 Å². The lowest BCUT2D eigenvalue weighted by atomic mass is 10.0. The zero-order valence-electron chi connectivity index (χ0n) is 24.3. The number of aliphatic hydroxyl groups is 1. The van der Waals surface area contributed by atoms with Crippen LogP contribution < -0.4 is 15.0 Å². The Hall–Kier alpha value is -3.31. The molecule has 1 amide bonds. The van der Waals surface area contributed by atoms with Gasteiger partial charge in [-0.15, -0.1) is 0 Å². The predicted molar refractivity (Wildman–Crippen MR) is 161 cm³/mol. The molecule has 224 valence electrons. The number of nitrogens with zero attached hydrogens (tertiary/aromatic N) is 5. The monoisotopic (exact) mass is 596 g/mol. The maximum Gasteiger partial charge on any atom is 0.255 e. The third kappa shape index (κ3) is 6.52. The van der Waals surface area contributed by atoms with Gasteiger partial charge >= 0.3 is 0 Å². The minimum Gasteiger partial charge on any atom is -0.477 e. The molecule has 2 aromatic heterocycles. The Morgan fingerprint density at radius 2 is 2.02 bits per heavy atom. The van der Waals surface area contributed by atoms with Crippen LogP contribution in [0.25, 0.3) is 11.3 Å². The number of hydrogen-bond acceptors (Lipinski definition) is 8. The van der Waals surface area contributed by atoms with Gasteiger partial charge in [0.25, 0.3) is 5.91 Å². The lowest BCUT2D eigenvalue weighted by Crippen LogP contribution is -2.55. The number of likely N-dealkylation sites (tertiary alicyclic amines) is 1. The molecule has 1 unspecified atom stereocenters. The van der Waals surface area contributed by atoms with Gasteiger partial charge in [0.2, 0.25) is 5.88 Å². The average Bonchev–Trinajstić information content (AvgIpc) is 3.40. The molecule has 2 aliphatic rings. The Balaban J connectivity index is 1.45. The van der Waals surface area contributed by atoms with Crippen molar-refractivity contribution in [2.24, 2.45) is 0 Å². The molecule has 0 bridgehead atoms. The Kier molecular flexibility index (Phi) is 9.57. The zero-order chi connectivity index (χ0) is 29.8. The number of aromatic nitrogens is 2. The third-order valence-electron chi connectivity index (χ3n) is 7.99. The second kappa shape index (κ2) is 13.3. The summed E-state index contributed by atoms with van der Waals surface area (Å²) in [6.07, 6.45) is 2.38. The van der Waals surface area contributed by atoms with Gasteiger partial charge < -0.3 is 24.5 Å². The number of ether oxygens (including phenoxy) is 1. The van der Waals surface area contributed by atoms with Crippen LogP contribution in [0.4, 0.5) is 10.1 Å². The summed E-state index contributed by atoms with van der Waals surface area (Å²) >= 11 is 6.21. The van der Waals surface area contributed by atoms with E-state index in [1.54, 1.807) is 11.1 Å². The number of carbonyl (C=O) groups is 1. The van der Waals surface area contributed by atoms with Gasteiger partial charge in [-0.2, -0.15) is 0 Å². The van der Waals surface area contributed by atoms with Crippen molar-refractivity contribution in [2.45, 2.75) is 45.0 Å². The first kappa shape index (κ1) is 30.2. The van der Waals surface area contributed by atoms with Gasteiger partial charge in [-0.3, -0.25) is 10.1 Å². The molecule has 2 N–H and O–H groups in total. The number of carbonyl (C=O) groups excluding carboxylic acids is 1. The number of anilines is 1. The highest BCUT2D eigenvalue weighted by Crippen LogP contribution is 2.34. The van der Waals surface area contributed by atoms with E-state index in [-0.39, 0.29) is 28.6 Å². The van der Waals surface area contributed by atoms with E-state index >= 15 is 0 Å². The van der Waals surface area contributed by atoms with Gasteiger partial charge in [0, 0.05) is 44.5 Å². The molecule has 42 heavy (non-hydrogen) atoms. The molecule has 2 fully saturated rings. The molecule has 9 nitrogen and oxygen atoms in total. The maximum absolute atomic E-state index is 13.6. The molecule has 5 rings (SSSR count). The zero-order valence-corrected chi connectivity index (χ0v) is 25.0. The van der Waals surface area contributed by atoms with E-state index in [1.165, 1.54) is 12.1 Å². The van der Waals surface area contributed by atoms with Gasteiger partial charge in [-0.05, 0) is 75.8 Å². The van der Waals surface area contributed by atoms with Crippen LogP contribution in [-0.2, 0) is 0 Å². The number of pyridine rings is 2. The second-order valence-corrected chi connectivity index (χ2v) is 11.2. The first-order valence-electron chi connectivity index (χ1n) is 14.5. The number of aliphatic hydroxyl groups excluding tert-OH is 1. The number of piperazine rings is 1. The Labute approximate surface area is 251 Å². The van der Waals surface area contributed by atoms with E-state index in [0.717, 1.165) is 43.2 Å². The molecule has 3 atom stereocenters. The summed E-state index contributed by atoms with van der Waals surface area (Å²) in [5, 5.41) is 15.0. The van der Waals surface area contributed by atoms with E-state index in [4.69, 9.17) is 21.3 Å². The quantitative estimate of drug-likeness (QED) is 0.352. The molecule has 2 saturated heterocycles. The lowest BCUT2D eigenvalue weighted by molar-refractivity contribution is 0.0719. The molecule has 11 heteroatoms. The molecule has 0 spiro atoms. The highest BCUT2D eigenvalue weighted by atomic mass is 35.5. The fourth-order valence-electron chi connectivity index (χ4n) is 5.81. The minimum atomic E-state index is -1.00. The maximum atomic E-state index is 13.6. The number of likely N-dealkylation sites (N-methyl/N-ethyl adjacent to an activating group) is 1. The summed E-state index contributed by atoms with van der Waals surface area (Å²) in [6, 6.07) is 11.6. The van der Waals surface area contributed by atoms with Crippen LogP contribution in [0.15, 0.2) is 48.7 Å². The molecule has 0 aliphatic carbocycles. The summed E-state index contributed by atoms with van der Waals surface area (Å²) < 4.78 is 19.4. The molecular formula is C31H38ClFN6O3. The summed E-state index contributed by atoms with van der Waals surface area (Å²) in [5.74, 6) is -0.213. The molecule has 3 aromatic rings. The van der Waals surface area contributed by atoms with Crippen LogP contribution in [0.5, 0.6) is 5.88 Å². The molecule has 0 saturated carbocycles. The van der Waals surface area contributed by atoms with Gasteiger partial charge in [0.05, 0.1) is 34.1 Å². The Morgan fingerprint density at radius 1 is 1.19 bits per heavy atom. The van der Waals surface area contributed by atoms with Gasteiger partial charge in [0.1, 0.15) is 11.5 Å². The highest BCUT2D eigenvalue weighted by molar-refractivity contribution is 6.33. The van der Waals surface area contributed by atoms with E-state index < -0.39 is 12.0 Å². The third-order valence-corrected chi connectivity index (χ3v) is 8.30. The van der Waals surface area contributed by atoms with Gasteiger partial charge in [-0.25, -0.2) is 14.4 Å². The van der Waals surface area contributed by atoms with Crippen molar-refractivity contribution in [3.8, 4) is 17.1 Å². The van der Waals surface area contributed by atoms with Gasteiger partial charge in [0.15, 0.2) is 6.23 Å². The smallest absolute Gasteiger partial charge is 0.255 e. The van der Waals surface area contributed by atoms with Gasteiger partial charge in [-0.1, -0.05) is 18.5 Å². The fourth-order valence-corrected chi connectivity index (χ4v) is 6.06. The lowest BCUT2D eigenvalue weighted by Gasteiger charge is -2.43. The van der Waals surface area contributed by atoms with Crippen LogP contribution in [0.3, 0.4) is 0 Å². The van der Waals surface area contributed by atoms with Crippen molar-refractivity contribution in [1.82, 2.24) is 25.1 Å². The van der Waals surface area contributed by atoms with E-state index in [1.807, 2.05) is 31.2 Å². The standard InChI is InChI=1S/C31H38ClFN6O3/c1-4-22-19-38(31(41)23-9-8-20(33)17-25(23)32)15-16-39(22)27-11-10-26(24-7-6-13-34-30(24)42-5-2)36-28(27)29(40)35-21-12-14-37(3)18-21/h6-11,13,17,21-22,29,35,40H,4-5,12,14-16,18-19H2,1-3H3/t21-,22-,29?/m1/s1. The normalized spacial score (nSPS) is 20.1. The summed E-state index contributed by atoms with van der Waals surface area (Å²) in [6.45, 7) is 7.69. The van der Waals surface area contributed by atoms with Crippen molar-refractivity contribution < 1.29 is 19.0 Å². The SMILES string of the molecule is CCOc1ncccc1-c1ccc(N2CCN(C(=O)c3ccc(F)cc3Cl)C[C@H]2CC)c(C(O)N[C@@H]2CCN(C)C2)n1. The number of halogens is 2. The Bertz CT molecular complexity index is 1410.